The van der Waals surface area contributed by atoms with Crippen LogP contribution in [0.15, 0.2) is 18.5 Å². The van der Waals surface area contributed by atoms with Crippen LogP contribution in [-0.4, -0.2) is 23.4 Å². The minimum absolute atomic E-state index is 0.0851. The van der Waals surface area contributed by atoms with E-state index in [0.717, 1.165) is 18.4 Å². The van der Waals surface area contributed by atoms with Crippen molar-refractivity contribution in [2.45, 2.75) is 38.7 Å². The van der Waals surface area contributed by atoms with Gasteiger partial charge in [0.2, 0.25) is 0 Å². The summed E-state index contributed by atoms with van der Waals surface area (Å²) in [5.74, 6) is 0. The Morgan fingerprint density at radius 2 is 2.18 bits per heavy atom. The van der Waals surface area contributed by atoms with Crippen molar-refractivity contribution >= 4 is 0 Å². The summed E-state index contributed by atoms with van der Waals surface area (Å²) >= 11 is 0. The highest BCUT2D eigenvalue weighted by Crippen LogP contribution is 2.15. The van der Waals surface area contributed by atoms with Crippen LogP contribution in [0.2, 0.25) is 0 Å². The molecule has 1 rings (SSSR count). The molecule has 0 fully saturated rings. The Morgan fingerprint density at radius 1 is 1.47 bits per heavy atom. The summed E-state index contributed by atoms with van der Waals surface area (Å²) in [5.41, 5.74) is 6.79. The Bertz CT molecular complexity index is 336. The highest BCUT2D eigenvalue weighted by molar-refractivity contribution is 5.11. The minimum Gasteiger partial charge on any atom is -0.351 e. The first kappa shape index (κ1) is 14.1. The molecule has 1 aromatic rings. The van der Waals surface area contributed by atoms with Crippen molar-refractivity contribution in [3.05, 3.63) is 24.0 Å². The van der Waals surface area contributed by atoms with Crippen molar-refractivity contribution in [3.8, 4) is 0 Å². The SMILES string of the molecule is CCC(N)Cc1ccn(COCC(F)(F)F)c1. The minimum atomic E-state index is -4.28. The fourth-order valence-corrected chi connectivity index (χ4v) is 1.41. The largest absolute Gasteiger partial charge is 0.411 e. The summed E-state index contributed by atoms with van der Waals surface area (Å²) < 4.78 is 41.6. The molecule has 1 unspecified atom stereocenters. The molecule has 98 valence electrons. The second-order valence-electron chi connectivity index (χ2n) is 4.00. The number of hydrogen-bond acceptors (Lipinski definition) is 2. The zero-order valence-electron chi connectivity index (χ0n) is 9.70. The van der Waals surface area contributed by atoms with E-state index in [0.29, 0.717) is 0 Å². The number of aromatic nitrogens is 1. The Kier molecular flexibility index (Phi) is 5.02. The van der Waals surface area contributed by atoms with Crippen LogP contribution in [0.25, 0.3) is 0 Å². The zero-order valence-corrected chi connectivity index (χ0v) is 9.70. The van der Waals surface area contributed by atoms with Gasteiger partial charge in [-0.15, -0.1) is 0 Å². The molecule has 6 heteroatoms. The molecule has 0 saturated heterocycles. The van der Waals surface area contributed by atoms with Gasteiger partial charge in [-0.3, -0.25) is 0 Å². The normalized spacial score (nSPS) is 13.9. The molecule has 0 radical (unpaired) electrons. The van der Waals surface area contributed by atoms with Crippen LogP contribution in [0.4, 0.5) is 13.2 Å². The van der Waals surface area contributed by atoms with Gasteiger partial charge in [-0.05, 0) is 24.5 Å². The molecular formula is C11H17F3N2O. The van der Waals surface area contributed by atoms with Crippen LogP contribution in [0.5, 0.6) is 0 Å². The predicted octanol–water partition coefficient (Wildman–Crippen LogP) is 2.30. The topological polar surface area (TPSA) is 40.2 Å². The number of halogens is 3. The summed E-state index contributed by atoms with van der Waals surface area (Å²) in [6.07, 6.45) is 0.763. The Balaban J connectivity index is 2.36. The number of nitrogens with two attached hydrogens (primary N) is 1. The maximum atomic E-state index is 11.8. The fraction of sp³-hybridized carbons (Fsp3) is 0.636. The van der Waals surface area contributed by atoms with Gasteiger partial charge in [-0.1, -0.05) is 6.92 Å². The second kappa shape index (κ2) is 6.07. The maximum Gasteiger partial charge on any atom is 0.411 e. The molecular weight excluding hydrogens is 233 g/mol. The molecule has 1 heterocycles. The van der Waals surface area contributed by atoms with E-state index in [1.54, 1.807) is 17.0 Å². The van der Waals surface area contributed by atoms with Gasteiger partial charge in [0.15, 0.2) is 0 Å². The summed E-state index contributed by atoms with van der Waals surface area (Å²) in [6, 6.07) is 1.92. The summed E-state index contributed by atoms with van der Waals surface area (Å²) in [7, 11) is 0. The van der Waals surface area contributed by atoms with Gasteiger partial charge in [0.1, 0.15) is 13.3 Å². The lowest BCUT2D eigenvalue weighted by Gasteiger charge is -2.08. The van der Waals surface area contributed by atoms with Crippen molar-refractivity contribution in [1.82, 2.24) is 4.57 Å². The first-order chi connectivity index (χ1) is 7.90. The van der Waals surface area contributed by atoms with Crippen LogP contribution in [-0.2, 0) is 17.9 Å². The molecule has 0 aliphatic heterocycles. The standard InChI is InChI=1S/C11H17F3N2O/c1-2-10(15)5-9-3-4-16(6-9)8-17-7-11(12,13)14/h3-4,6,10H,2,5,7-8,15H2,1H3. The molecule has 0 aliphatic carbocycles. The quantitative estimate of drug-likeness (QED) is 0.841. The lowest BCUT2D eigenvalue weighted by atomic mass is 10.1. The molecule has 3 nitrogen and oxygen atoms in total. The number of hydrogen-bond donors (Lipinski definition) is 1. The number of ether oxygens (including phenoxy) is 1. The van der Waals surface area contributed by atoms with Gasteiger partial charge in [0.05, 0.1) is 0 Å². The van der Waals surface area contributed by atoms with Crippen molar-refractivity contribution in [3.63, 3.8) is 0 Å². The zero-order chi connectivity index (χ0) is 12.9. The third-order valence-electron chi connectivity index (χ3n) is 2.34. The molecule has 0 bridgehead atoms. The van der Waals surface area contributed by atoms with Gasteiger partial charge >= 0.3 is 6.18 Å². The van der Waals surface area contributed by atoms with E-state index in [1.807, 2.05) is 13.0 Å². The predicted molar refractivity (Wildman–Crippen MR) is 58.4 cm³/mol. The van der Waals surface area contributed by atoms with Crippen molar-refractivity contribution in [1.29, 1.82) is 0 Å². The Hall–Kier alpha value is -1.01. The van der Waals surface area contributed by atoms with Gasteiger partial charge in [-0.2, -0.15) is 13.2 Å². The van der Waals surface area contributed by atoms with Gasteiger partial charge < -0.3 is 15.0 Å². The Labute approximate surface area is 98.4 Å². The van der Waals surface area contributed by atoms with Gasteiger partial charge in [0, 0.05) is 18.4 Å². The molecule has 2 N–H and O–H groups in total. The molecule has 0 spiro atoms. The smallest absolute Gasteiger partial charge is 0.351 e. The van der Waals surface area contributed by atoms with Gasteiger partial charge in [0.25, 0.3) is 0 Å². The molecule has 17 heavy (non-hydrogen) atoms. The third-order valence-corrected chi connectivity index (χ3v) is 2.34. The molecule has 0 amide bonds. The van der Waals surface area contributed by atoms with Crippen molar-refractivity contribution in [2.24, 2.45) is 5.73 Å². The van der Waals surface area contributed by atoms with E-state index in [2.05, 4.69) is 4.74 Å². The number of rotatable bonds is 6. The first-order valence-corrected chi connectivity index (χ1v) is 5.45. The summed E-state index contributed by atoms with van der Waals surface area (Å²) in [4.78, 5) is 0. The fourth-order valence-electron chi connectivity index (χ4n) is 1.41. The molecule has 1 aromatic heterocycles. The van der Waals surface area contributed by atoms with E-state index in [9.17, 15) is 13.2 Å². The lowest BCUT2D eigenvalue weighted by Crippen LogP contribution is -2.21. The molecule has 0 saturated carbocycles. The van der Waals surface area contributed by atoms with Gasteiger partial charge in [-0.25, -0.2) is 0 Å². The van der Waals surface area contributed by atoms with Crippen LogP contribution >= 0.6 is 0 Å². The van der Waals surface area contributed by atoms with Crippen LogP contribution < -0.4 is 5.73 Å². The van der Waals surface area contributed by atoms with Crippen molar-refractivity contribution in [2.75, 3.05) is 6.61 Å². The average molecular weight is 250 g/mol. The van der Waals surface area contributed by atoms with Crippen LogP contribution in [0, 0.1) is 0 Å². The van der Waals surface area contributed by atoms with E-state index in [-0.39, 0.29) is 12.8 Å². The highest BCUT2D eigenvalue weighted by Gasteiger charge is 2.27. The van der Waals surface area contributed by atoms with E-state index in [4.69, 9.17) is 5.73 Å². The van der Waals surface area contributed by atoms with Crippen molar-refractivity contribution < 1.29 is 17.9 Å². The second-order valence-corrected chi connectivity index (χ2v) is 4.00. The third kappa shape index (κ3) is 5.74. The highest BCUT2D eigenvalue weighted by atomic mass is 19.4. The number of alkyl halides is 3. The average Bonchev–Trinajstić information content (AvgIpc) is 2.63. The Morgan fingerprint density at radius 3 is 2.76 bits per heavy atom. The van der Waals surface area contributed by atoms with Crippen LogP contribution in [0.3, 0.4) is 0 Å². The maximum absolute atomic E-state index is 11.8. The molecule has 1 atom stereocenters. The first-order valence-electron chi connectivity index (χ1n) is 5.45. The molecule has 0 aromatic carbocycles. The summed E-state index contributed by atoms with van der Waals surface area (Å²) in [5, 5.41) is 0. The number of nitrogens with zero attached hydrogens (tertiary/aromatic N) is 1. The van der Waals surface area contributed by atoms with E-state index in [1.165, 1.54) is 0 Å². The van der Waals surface area contributed by atoms with E-state index < -0.39 is 12.8 Å². The molecule has 0 aliphatic rings. The van der Waals surface area contributed by atoms with E-state index >= 15 is 0 Å². The summed E-state index contributed by atoms with van der Waals surface area (Å²) in [6.45, 7) is 0.671. The monoisotopic (exact) mass is 250 g/mol. The lowest BCUT2D eigenvalue weighted by molar-refractivity contribution is -0.181. The van der Waals surface area contributed by atoms with Crippen LogP contribution in [0.1, 0.15) is 18.9 Å².